The molecule has 1 amide bonds. The molecular weight excluding hydrogens is 359 g/mol. The molecule has 144 valence electrons. The molecule has 6 nitrogen and oxygen atoms in total. The first-order valence-corrected chi connectivity index (χ1v) is 9.23. The van der Waals surface area contributed by atoms with Crippen molar-refractivity contribution in [3.05, 3.63) is 47.9 Å². The molecule has 2 heterocycles. The lowest BCUT2D eigenvalue weighted by molar-refractivity contribution is -0.117. The quantitative estimate of drug-likeness (QED) is 0.590. The number of anilines is 2. The van der Waals surface area contributed by atoms with E-state index < -0.39 is 12.1 Å². The Balaban J connectivity index is 1.73. The van der Waals surface area contributed by atoms with Crippen LogP contribution < -0.4 is 11.1 Å². The number of rotatable bonds is 5. The van der Waals surface area contributed by atoms with E-state index in [1.807, 2.05) is 25.1 Å². The Morgan fingerprint density at radius 2 is 2.07 bits per heavy atom. The molecule has 1 aromatic carbocycles. The highest BCUT2D eigenvalue weighted by Gasteiger charge is 2.43. The maximum Gasteiger partial charge on any atom is 0.231 e. The third-order valence-electron chi connectivity index (χ3n) is 5.07. The number of nitrogens with two attached hydrogens (primary N) is 1. The highest BCUT2D eigenvalue weighted by molar-refractivity contribution is 6.00. The van der Waals surface area contributed by atoms with Crippen LogP contribution in [0.15, 0.2) is 36.7 Å². The van der Waals surface area contributed by atoms with Gasteiger partial charge in [0.1, 0.15) is 12.0 Å². The van der Waals surface area contributed by atoms with E-state index in [1.165, 1.54) is 0 Å². The fraction of sp³-hybridized carbons (Fsp3) is 0.286. The van der Waals surface area contributed by atoms with Crippen molar-refractivity contribution in [2.24, 2.45) is 5.92 Å². The Bertz CT molecular complexity index is 1070. The maximum absolute atomic E-state index is 13.1. The third kappa shape index (κ3) is 3.41. The summed E-state index contributed by atoms with van der Waals surface area (Å²) in [7, 11) is 0. The predicted molar refractivity (Wildman–Crippen MR) is 106 cm³/mol. The second-order valence-corrected chi connectivity index (χ2v) is 7.05. The van der Waals surface area contributed by atoms with Crippen LogP contribution in [0.1, 0.15) is 24.6 Å². The van der Waals surface area contributed by atoms with Crippen LogP contribution in [0.5, 0.6) is 0 Å². The van der Waals surface area contributed by atoms with Crippen LogP contribution in [0.3, 0.4) is 0 Å². The first kappa shape index (κ1) is 18.3. The average molecular weight is 380 g/mol. The van der Waals surface area contributed by atoms with E-state index in [4.69, 9.17) is 5.73 Å². The first-order chi connectivity index (χ1) is 13.5. The Hall–Kier alpha value is -3.06. The Kier molecular flexibility index (Phi) is 4.68. The molecule has 0 radical (unpaired) electrons. The molecule has 4 rings (SSSR count). The highest BCUT2D eigenvalue weighted by Crippen LogP contribution is 2.35. The minimum absolute atomic E-state index is 0.109. The number of nitrogens with one attached hydrogen (secondary N) is 1. The number of nitrogens with zero attached hydrogens (tertiary/aromatic N) is 2. The SMILES string of the molecule is CCc1cc(CO)ncc1-c1cc(N)c2cnc(NC(=O)C3CC3F)cc2c1. The zero-order valence-electron chi connectivity index (χ0n) is 15.4. The molecule has 0 aliphatic heterocycles. The van der Waals surface area contributed by atoms with Crippen molar-refractivity contribution in [2.45, 2.75) is 32.5 Å². The molecule has 0 saturated heterocycles. The van der Waals surface area contributed by atoms with Gasteiger partial charge in [-0.1, -0.05) is 6.92 Å². The van der Waals surface area contributed by atoms with Crippen molar-refractivity contribution in [1.29, 1.82) is 0 Å². The van der Waals surface area contributed by atoms with E-state index in [-0.39, 0.29) is 18.9 Å². The van der Waals surface area contributed by atoms with E-state index in [1.54, 1.807) is 18.5 Å². The van der Waals surface area contributed by atoms with Crippen molar-refractivity contribution in [2.75, 3.05) is 11.1 Å². The number of pyridine rings is 2. The minimum Gasteiger partial charge on any atom is -0.398 e. The number of hydrogen-bond acceptors (Lipinski definition) is 5. The van der Waals surface area contributed by atoms with Crippen molar-refractivity contribution in [3.8, 4) is 11.1 Å². The molecule has 3 aromatic rings. The smallest absolute Gasteiger partial charge is 0.231 e. The summed E-state index contributed by atoms with van der Waals surface area (Å²) >= 11 is 0. The summed E-state index contributed by atoms with van der Waals surface area (Å²) in [4.78, 5) is 20.5. The van der Waals surface area contributed by atoms with E-state index >= 15 is 0 Å². The molecule has 1 saturated carbocycles. The van der Waals surface area contributed by atoms with Crippen LogP contribution in [0, 0.1) is 5.92 Å². The molecule has 4 N–H and O–H groups in total. The van der Waals surface area contributed by atoms with Crippen molar-refractivity contribution in [1.82, 2.24) is 9.97 Å². The second kappa shape index (κ2) is 7.16. The molecule has 28 heavy (non-hydrogen) atoms. The van der Waals surface area contributed by atoms with Crippen LogP contribution in [-0.2, 0) is 17.8 Å². The number of nitrogen functional groups attached to an aromatic ring is 1. The Labute approximate surface area is 161 Å². The summed E-state index contributed by atoms with van der Waals surface area (Å²) < 4.78 is 13.1. The largest absolute Gasteiger partial charge is 0.398 e. The Morgan fingerprint density at radius 3 is 2.75 bits per heavy atom. The molecule has 0 spiro atoms. The van der Waals surface area contributed by atoms with Gasteiger partial charge in [-0.05, 0) is 53.6 Å². The standard InChI is InChI=1S/C21H21FN4O2/c1-2-11-4-14(10-27)24-8-16(11)12-3-13-6-20(25-9-17(13)19(23)5-12)26-21(28)15-7-18(15)22/h3-6,8-9,15,18,27H,2,7,10,23H2,1H3,(H,25,26,28). The summed E-state index contributed by atoms with van der Waals surface area (Å²) in [6.07, 6.45) is 3.35. The van der Waals surface area contributed by atoms with Gasteiger partial charge in [0.25, 0.3) is 0 Å². The van der Waals surface area contributed by atoms with Gasteiger partial charge in [-0.25, -0.2) is 9.37 Å². The van der Waals surface area contributed by atoms with E-state index in [9.17, 15) is 14.3 Å². The zero-order chi connectivity index (χ0) is 19.8. The predicted octanol–water partition coefficient (Wildman–Crippen LogP) is 3.23. The molecular formula is C21H21FN4O2. The average Bonchev–Trinajstić information content (AvgIpc) is 3.44. The number of amides is 1. The van der Waals surface area contributed by atoms with Gasteiger partial charge in [-0.15, -0.1) is 0 Å². The number of alkyl halides is 1. The molecule has 0 bridgehead atoms. The number of halogens is 1. The Morgan fingerprint density at radius 1 is 1.29 bits per heavy atom. The fourth-order valence-electron chi connectivity index (χ4n) is 3.35. The zero-order valence-corrected chi connectivity index (χ0v) is 15.4. The first-order valence-electron chi connectivity index (χ1n) is 9.23. The van der Waals surface area contributed by atoms with Gasteiger partial charge in [0.05, 0.1) is 18.2 Å². The van der Waals surface area contributed by atoms with Gasteiger partial charge in [0.2, 0.25) is 5.91 Å². The van der Waals surface area contributed by atoms with E-state index in [0.29, 0.717) is 17.2 Å². The maximum atomic E-state index is 13.1. The molecule has 2 unspecified atom stereocenters. The topological polar surface area (TPSA) is 101 Å². The number of aryl methyl sites for hydroxylation is 1. The number of aromatic nitrogens is 2. The number of carbonyl (C=O) groups excluding carboxylic acids is 1. The van der Waals surface area contributed by atoms with Crippen molar-refractivity contribution in [3.63, 3.8) is 0 Å². The van der Waals surface area contributed by atoms with Crippen molar-refractivity contribution < 1.29 is 14.3 Å². The molecule has 2 atom stereocenters. The number of aliphatic hydroxyl groups excluding tert-OH is 1. The van der Waals surface area contributed by atoms with Crippen LogP contribution >= 0.6 is 0 Å². The van der Waals surface area contributed by atoms with Gasteiger partial charge in [0.15, 0.2) is 0 Å². The van der Waals surface area contributed by atoms with Gasteiger partial charge in [-0.3, -0.25) is 9.78 Å². The lowest BCUT2D eigenvalue weighted by Crippen LogP contribution is -2.15. The minimum atomic E-state index is -1.05. The van der Waals surface area contributed by atoms with Crippen LogP contribution in [0.4, 0.5) is 15.9 Å². The number of aliphatic hydroxyl groups is 1. The lowest BCUT2D eigenvalue weighted by atomic mass is 9.96. The molecule has 7 heteroatoms. The van der Waals surface area contributed by atoms with Crippen LogP contribution in [0.25, 0.3) is 21.9 Å². The van der Waals surface area contributed by atoms with Crippen LogP contribution in [-0.4, -0.2) is 27.2 Å². The number of carbonyl (C=O) groups is 1. The van der Waals surface area contributed by atoms with Crippen molar-refractivity contribution >= 4 is 28.2 Å². The highest BCUT2D eigenvalue weighted by atomic mass is 19.1. The van der Waals surface area contributed by atoms with E-state index in [0.717, 1.165) is 33.9 Å². The summed E-state index contributed by atoms with van der Waals surface area (Å²) in [6.45, 7) is 1.93. The third-order valence-corrected chi connectivity index (χ3v) is 5.07. The van der Waals surface area contributed by atoms with Gasteiger partial charge < -0.3 is 16.2 Å². The lowest BCUT2D eigenvalue weighted by Gasteiger charge is -2.12. The van der Waals surface area contributed by atoms with E-state index in [2.05, 4.69) is 15.3 Å². The number of hydrogen-bond donors (Lipinski definition) is 3. The second-order valence-electron chi connectivity index (χ2n) is 7.05. The summed E-state index contributed by atoms with van der Waals surface area (Å²) in [6, 6.07) is 7.46. The molecule has 1 fully saturated rings. The molecule has 2 aromatic heterocycles. The van der Waals surface area contributed by atoms with Gasteiger partial charge in [0, 0.05) is 29.0 Å². The fourth-order valence-corrected chi connectivity index (χ4v) is 3.35. The molecule has 1 aliphatic rings. The van der Waals surface area contributed by atoms with Gasteiger partial charge in [-0.2, -0.15) is 0 Å². The molecule has 1 aliphatic carbocycles. The summed E-state index contributed by atoms with van der Waals surface area (Å²) in [5.74, 6) is -0.546. The summed E-state index contributed by atoms with van der Waals surface area (Å²) in [5.41, 5.74) is 10.3. The number of fused-ring (bicyclic) bond motifs is 1. The summed E-state index contributed by atoms with van der Waals surface area (Å²) in [5, 5.41) is 13.6. The number of benzene rings is 1. The normalized spacial score (nSPS) is 18.2. The van der Waals surface area contributed by atoms with Gasteiger partial charge >= 0.3 is 0 Å². The van der Waals surface area contributed by atoms with Crippen LogP contribution in [0.2, 0.25) is 0 Å². The monoisotopic (exact) mass is 380 g/mol.